The first-order chi connectivity index (χ1) is 13.8. The number of phenols is 3. The maximum atomic E-state index is 12.2. The summed E-state index contributed by atoms with van der Waals surface area (Å²) < 4.78 is 5.65. The Kier molecular flexibility index (Phi) is 3.50. The third-order valence-corrected chi connectivity index (χ3v) is 6.59. The molecule has 4 aliphatic rings. The van der Waals surface area contributed by atoms with E-state index in [0.717, 1.165) is 0 Å². The van der Waals surface area contributed by atoms with Gasteiger partial charge < -0.3 is 24.8 Å². The zero-order valence-corrected chi connectivity index (χ0v) is 15.4. The largest absolute Gasteiger partial charge is 0.504 e. The van der Waals surface area contributed by atoms with Crippen molar-refractivity contribution in [2.45, 2.75) is 12.8 Å². The average molecular weight is 394 g/mol. The van der Waals surface area contributed by atoms with Crippen LogP contribution >= 0.6 is 0 Å². The van der Waals surface area contributed by atoms with E-state index < -0.39 is 40.5 Å². The van der Waals surface area contributed by atoms with Gasteiger partial charge in [0.05, 0.1) is 5.92 Å². The zero-order valence-electron chi connectivity index (χ0n) is 15.4. The van der Waals surface area contributed by atoms with Gasteiger partial charge in [-0.25, -0.2) is 0 Å². The summed E-state index contributed by atoms with van der Waals surface area (Å²) in [6.45, 7) is 2.01. The van der Waals surface area contributed by atoms with Crippen LogP contribution in [0, 0.1) is 23.7 Å². The van der Waals surface area contributed by atoms with Gasteiger partial charge in [-0.1, -0.05) is 19.1 Å². The summed E-state index contributed by atoms with van der Waals surface area (Å²) in [6, 6.07) is 5.60. The van der Waals surface area contributed by atoms with Gasteiger partial charge in [0.15, 0.2) is 17.1 Å². The monoisotopic (exact) mass is 394 g/mol. The molecule has 0 aromatic heterocycles. The normalized spacial score (nSPS) is 27.8. The first-order valence-electron chi connectivity index (χ1n) is 9.35. The third-order valence-electron chi connectivity index (χ3n) is 6.59. The van der Waals surface area contributed by atoms with E-state index in [1.54, 1.807) is 6.07 Å². The van der Waals surface area contributed by atoms with Crippen LogP contribution in [0.1, 0.15) is 18.4 Å². The lowest BCUT2D eigenvalue weighted by molar-refractivity contribution is -0.143. The van der Waals surface area contributed by atoms with Crippen molar-refractivity contribution >= 4 is 16.9 Å². The lowest BCUT2D eigenvalue weighted by Crippen LogP contribution is -2.26. The highest BCUT2D eigenvalue weighted by Crippen LogP contribution is 2.59. The molecule has 148 valence electrons. The molecule has 0 amide bonds. The predicted octanol–water partition coefficient (Wildman–Crippen LogP) is 3.25. The molecule has 1 fully saturated rings. The van der Waals surface area contributed by atoms with Crippen molar-refractivity contribution in [2.75, 3.05) is 0 Å². The zero-order chi connectivity index (χ0) is 20.6. The summed E-state index contributed by atoms with van der Waals surface area (Å²) in [6.07, 6.45) is 3.96. The summed E-state index contributed by atoms with van der Waals surface area (Å²) in [7, 11) is 0. The van der Waals surface area contributed by atoms with E-state index in [2.05, 4.69) is 0 Å². The smallest absolute Gasteiger partial charge is 0.307 e. The van der Waals surface area contributed by atoms with Gasteiger partial charge in [0.25, 0.3) is 0 Å². The van der Waals surface area contributed by atoms with Gasteiger partial charge in [0.1, 0.15) is 0 Å². The van der Waals surface area contributed by atoms with Gasteiger partial charge in [0.2, 0.25) is 16.9 Å². The van der Waals surface area contributed by atoms with Gasteiger partial charge in [0, 0.05) is 16.9 Å². The number of hydrogen-bond acceptors (Lipinski definition) is 6. The highest BCUT2D eigenvalue weighted by molar-refractivity contribution is 5.95. The second kappa shape index (κ2) is 5.76. The lowest BCUT2D eigenvalue weighted by atomic mass is 9.75. The number of benzene rings is 2. The SMILES string of the molecule is C[C@@H]1[C@H]2C=C[C@H]1[C@H](c1c3ccc(=O)c(O)c-3oc3c(O)c(O)ccc13)[C@@H]2C(=O)O. The van der Waals surface area contributed by atoms with Crippen molar-refractivity contribution in [3.8, 4) is 28.6 Å². The van der Waals surface area contributed by atoms with Gasteiger partial charge >= 0.3 is 5.97 Å². The summed E-state index contributed by atoms with van der Waals surface area (Å²) in [5, 5.41) is 41.0. The molecule has 0 saturated heterocycles. The molecule has 0 spiro atoms. The maximum absolute atomic E-state index is 12.2. The van der Waals surface area contributed by atoms with Crippen molar-refractivity contribution in [1.82, 2.24) is 0 Å². The summed E-state index contributed by atoms with van der Waals surface area (Å²) in [5.41, 5.74) is 0.256. The van der Waals surface area contributed by atoms with E-state index >= 15 is 0 Å². The number of allylic oxidation sites excluding steroid dienone is 2. The molecule has 7 nitrogen and oxygen atoms in total. The fourth-order valence-electron chi connectivity index (χ4n) is 5.28. The van der Waals surface area contributed by atoms with Crippen molar-refractivity contribution in [2.24, 2.45) is 23.7 Å². The Bertz CT molecular complexity index is 1240. The van der Waals surface area contributed by atoms with Crippen LogP contribution in [0.2, 0.25) is 0 Å². The molecule has 2 bridgehead atoms. The fraction of sp³-hybridized carbons (Fsp3) is 0.273. The summed E-state index contributed by atoms with van der Waals surface area (Å²) in [4.78, 5) is 24.2. The second-order valence-corrected chi connectivity index (χ2v) is 7.90. The molecule has 0 radical (unpaired) electrons. The molecular weight excluding hydrogens is 376 g/mol. The number of aliphatic carboxylic acids is 1. The van der Waals surface area contributed by atoms with Crippen molar-refractivity contribution in [3.63, 3.8) is 0 Å². The van der Waals surface area contributed by atoms with E-state index in [4.69, 9.17) is 4.42 Å². The van der Waals surface area contributed by atoms with Crippen molar-refractivity contribution < 1.29 is 29.6 Å². The molecule has 4 N–H and O–H groups in total. The number of carboxylic acids is 1. The minimum absolute atomic E-state index is 0.0556. The van der Waals surface area contributed by atoms with Gasteiger partial charge in [-0.3, -0.25) is 9.59 Å². The maximum Gasteiger partial charge on any atom is 0.307 e. The number of carbonyl (C=O) groups is 1. The standard InChI is InChI=1S/C22H18O7/c1-8-9-2-3-10(8)17(22(27)28)16(9)15-11-4-6-13(23)18(25)20(11)29-21-12(15)5-7-14(24)19(21)26/h2-10,16-17,23,25-26H,1H3,(H,27,28)/t8-,9+,10+,16+,17+/m0/s1. The molecule has 1 aliphatic heterocycles. The van der Waals surface area contributed by atoms with Crippen LogP contribution in [0.5, 0.6) is 17.2 Å². The Morgan fingerprint density at radius 3 is 2.45 bits per heavy atom. The minimum atomic E-state index is -0.923. The second-order valence-electron chi connectivity index (χ2n) is 7.90. The van der Waals surface area contributed by atoms with Crippen LogP contribution in [0.25, 0.3) is 22.3 Å². The molecule has 7 heteroatoms. The molecule has 1 aromatic carbocycles. The number of rotatable bonds is 2. The molecular formula is C22H18O7. The summed E-state index contributed by atoms with van der Waals surface area (Å²) in [5.74, 6) is -3.84. The van der Waals surface area contributed by atoms with Crippen molar-refractivity contribution in [1.29, 1.82) is 0 Å². The van der Waals surface area contributed by atoms with E-state index in [1.807, 2.05) is 19.1 Å². The molecule has 5 rings (SSSR count). The molecule has 0 unspecified atom stereocenters. The van der Waals surface area contributed by atoms with Gasteiger partial charge in [-0.15, -0.1) is 0 Å². The fourth-order valence-corrected chi connectivity index (χ4v) is 5.28. The Morgan fingerprint density at radius 1 is 1.00 bits per heavy atom. The van der Waals surface area contributed by atoms with Crippen LogP contribution in [0.15, 0.2) is 45.6 Å². The van der Waals surface area contributed by atoms with Crippen LogP contribution in [-0.2, 0) is 4.79 Å². The Hall–Kier alpha value is -3.48. The predicted molar refractivity (Wildman–Crippen MR) is 103 cm³/mol. The van der Waals surface area contributed by atoms with Crippen LogP contribution in [0.4, 0.5) is 0 Å². The lowest BCUT2D eigenvalue weighted by Gasteiger charge is -2.29. The molecule has 5 atom stereocenters. The Balaban J connectivity index is 1.93. The molecule has 1 heterocycles. The number of hydrogen-bond donors (Lipinski definition) is 4. The van der Waals surface area contributed by atoms with Crippen molar-refractivity contribution in [3.05, 3.63) is 52.2 Å². The molecule has 1 saturated carbocycles. The van der Waals surface area contributed by atoms with E-state index in [0.29, 0.717) is 16.5 Å². The molecule has 1 aromatic rings. The number of fused-ring (bicyclic) bond motifs is 4. The van der Waals surface area contributed by atoms with Crippen LogP contribution in [0.3, 0.4) is 0 Å². The third kappa shape index (κ3) is 2.18. The number of carboxylic acid groups (broad SMARTS) is 1. The highest BCUT2D eigenvalue weighted by Gasteiger charge is 2.54. The van der Waals surface area contributed by atoms with E-state index in [9.17, 15) is 30.0 Å². The van der Waals surface area contributed by atoms with Gasteiger partial charge in [-0.2, -0.15) is 0 Å². The Labute approximate surface area is 164 Å². The van der Waals surface area contributed by atoms with E-state index in [-0.39, 0.29) is 29.1 Å². The highest BCUT2D eigenvalue weighted by atomic mass is 16.4. The summed E-state index contributed by atoms with van der Waals surface area (Å²) >= 11 is 0. The minimum Gasteiger partial charge on any atom is -0.504 e. The average Bonchev–Trinajstić information content (AvgIpc) is 3.19. The first kappa shape index (κ1) is 17.6. The quantitative estimate of drug-likeness (QED) is 0.298. The molecule has 29 heavy (non-hydrogen) atoms. The number of phenolic OH excluding ortho intramolecular Hbond substituents is 3. The van der Waals surface area contributed by atoms with Gasteiger partial charge in [-0.05, 0) is 47.6 Å². The first-order valence-corrected chi connectivity index (χ1v) is 9.35. The van der Waals surface area contributed by atoms with Crippen LogP contribution < -0.4 is 5.43 Å². The topological polar surface area (TPSA) is 128 Å². The van der Waals surface area contributed by atoms with Crippen LogP contribution in [-0.4, -0.2) is 26.4 Å². The molecule has 3 aliphatic carbocycles. The Morgan fingerprint density at radius 2 is 1.72 bits per heavy atom. The van der Waals surface area contributed by atoms with E-state index in [1.165, 1.54) is 18.2 Å². The number of aromatic hydroxyl groups is 3.